The monoisotopic (exact) mass is 274 g/mol. The van der Waals surface area contributed by atoms with E-state index in [0.29, 0.717) is 12.2 Å². The first-order chi connectivity index (χ1) is 9.48. The lowest BCUT2D eigenvalue weighted by atomic mass is 10.1. The van der Waals surface area contributed by atoms with Gasteiger partial charge >= 0.3 is 0 Å². The van der Waals surface area contributed by atoms with Crippen LogP contribution in [-0.2, 0) is 4.74 Å². The van der Waals surface area contributed by atoms with Gasteiger partial charge in [0.1, 0.15) is 12.4 Å². The fraction of sp³-hybridized carbons (Fsp3) is 0.562. The number of morpholine rings is 1. The lowest BCUT2D eigenvalue weighted by Gasteiger charge is -2.41. The Hall–Kier alpha value is -1.57. The van der Waals surface area contributed by atoms with Crippen molar-refractivity contribution in [1.82, 2.24) is 4.90 Å². The minimum Gasteiger partial charge on any atom is -0.492 e. The van der Waals surface area contributed by atoms with Crippen molar-refractivity contribution >= 4 is 0 Å². The van der Waals surface area contributed by atoms with Crippen molar-refractivity contribution in [2.45, 2.75) is 32.5 Å². The van der Waals surface area contributed by atoms with Crippen molar-refractivity contribution in [3.8, 4) is 11.8 Å². The number of ether oxygens (including phenoxy) is 2. The molecule has 0 amide bonds. The molecule has 1 aliphatic rings. The van der Waals surface area contributed by atoms with E-state index < -0.39 is 0 Å². The summed E-state index contributed by atoms with van der Waals surface area (Å²) in [6.07, 6.45) is 0.251. The zero-order valence-electron chi connectivity index (χ0n) is 12.4. The molecule has 1 aliphatic heterocycles. The predicted octanol–water partition coefficient (Wildman–Crippen LogP) is 2.44. The van der Waals surface area contributed by atoms with Gasteiger partial charge in [-0.15, -0.1) is 0 Å². The second kappa shape index (κ2) is 6.25. The van der Waals surface area contributed by atoms with E-state index >= 15 is 0 Å². The Balaban J connectivity index is 1.82. The van der Waals surface area contributed by atoms with Crippen LogP contribution in [0, 0.1) is 11.3 Å². The second-order valence-electron chi connectivity index (χ2n) is 5.91. The van der Waals surface area contributed by atoms with Crippen LogP contribution < -0.4 is 4.74 Å². The number of hydrogen-bond acceptors (Lipinski definition) is 4. The summed E-state index contributed by atoms with van der Waals surface area (Å²) in [6, 6.07) is 9.39. The second-order valence-corrected chi connectivity index (χ2v) is 5.91. The van der Waals surface area contributed by atoms with Gasteiger partial charge in [-0.2, -0.15) is 5.26 Å². The molecule has 0 saturated carbocycles. The van der Waals surface area contributed by atoms with E-state index in [1.54, 1.807) is 12.1 Å². The van der Waals surface area contributed by atoms with Crippen molar-refractivity contribution in [3.63, 3.8) is 0 Å². The quantitative estimate of drug-likeness (QED) is 0.846. The summed E-state index contributed by atoms with van der Waals surface area (Å²) in [5.74, 6) is 0.754. The van der Waals surface area contributed by atoms with Crippen molar-refractivity contribution in [3.05, 3.63) is 29.8 Å². The highest BCUT2D eigenvalue weighted by molar-refractivity contribution is 5.36. The van der Waals surface area contributed by atoms with Crippen LogP contribution in [0.5, 0.6) is 5.75 Å². The maximum atomic E-state index is 8.85. The van der Waals surface area contributed by atoms with E-state index in [0.717, 1.165) is 25.4 Å². The summed E-state index contributed by atoms with van der Waals surface area (Å²) >= 11 is 0. The van der Waals surface area contributed by atoms with Crippen molar-refractivity contribution in [2.75, 3.05) is 26.2 Å². The third-order valence-electron chi connectivity index (χ3n) is 3.28. The van der Waals surface area contributed by atoms with Crippen molar-refractivity contribution in [2.24, 2.45) is 0 Å². The van der Waals surface area contributed by atoms with Crippen LogP contribution in [0.25, 0.3) is 0 Å². The Labute approximate surface area is 120 Å². The van der Waals surface area contributed by atoms with E-state index in [4.69, 9.17) is 14.7 Å². The summed E-state index contributed by atoms with van der Waals surface area (Å²) in [7, 11) is 0. The van der Waals surface area contributed by atoms with Crippen LogP contribution in [0.4, 0.5) is 0 Å². The molecule has 0 aliphatic carbocycles. The molecule has 108 valence electrons. The molecule has 1 atom stereocenters. The Morgan fingerprint density at radius 1 is 1.50 bits per heavy atom. The van der Waals surface area contributed by atoms with Crippen LogP contribution in [-0.4, -0.2) is 42.8 Å². The first-order valence-corrected chi connectivity index (χ1v) is 7.02. The Bertz CT molecular complexity index is 493. The molecular formula is C16H22N2O2. The molecule has 4 nitrogen and oxygen atoms in total. The third-order valence-corrected chi connectivity index (χ3v) is 3.28. The highest BCUT2D eigenvalue weighted by Gasteiger charge is 2.30. The molecule has 0 N–H and O–H groups in total. The molecule has 20 heavy (non-hydrogen) atoms. The van der Waals surface area contributed by atoms with Crippen LogP contribution >= 0.6 is 0 Å². The van der Waals surface area contributed by atoms with E-state index in [2.05, 4.69) is 31.7 Å². The van der Waals surface area contributed by atoms with E-state index in [9.17, 15) is 0 Å². The Morgan fingerprint density at radius 2 is 2.30 bits per heavy atom. The first kappa shape index (κ1) is 14.8. The fourth-order valence-electron chi connectivity index (χ4n) is 2.70. The lowest BCUT2D eigenvalue weighted by Crippen LogP contribution is -2.52. The molecule has 1 fully saturated rings. The van der Waals surface area contributed by atoms with Crippen LogP contribution in [0.2, 0.25) is 0 Å². The van der Waals surface area contributed by atoms with Gasteiger partial charge in [-0.05, 0) is 39.0 Å². The molecule has 2 rings (SSSR count). The van der Waals surface area contributed by atoms with Crippen molar-refractivity contribution < 1.29 is 9.47 Å². The number of nitrogens with zero attached hydrogens (tertiary/aromatic N) is 2. The van der Waals surface area contributed by atoms with Gasteiger partial charge < -0.3 is 9.47 Å². The first-order valence-electron chi connectivity index (χ1n) is 7.02. The molecule has 1 aromatic rings. The van der Waals surface area contributed by atoms with E-state index in [1.807, 2.05) is 12.1 Å². The van der Waals surface area contributed by atoms with Gasteiger partial charge in [-0.1, -0.05) is 6.07 Å². The zero-order valence-corrected chi connectivity index (χ0v) is 12.4. The molecule has 0 aromatic heterocycles. The fourth-order valence-corrected chi connectivity index (χ4v) is 2.70. The highest BCUT2D eigenvalue weighted by atomic mass is 16.5. The SMILES string of the molecule is CC1CN(CCOc2cccc(C#N)c2)CC(C)(C)O1. The highest BCUT2D eigenvalue weighted by Crippen LogP contribution is 2.20. The van der Waals surface area contributed by atoms with E-state index in [1.165, 1.54) is 0 Å². The Morgan fingerprint density at radius 3 is 3.00 bits per heavy atom. The van der Waals surface area contributed by atoms with E-state index in [-0.39, 0.29) is 11.7 Å². The zero-order chi connectivity index (χ0) is 14.6. The maximum Gasteiger partial charge on any atom is 0.120 e. The molecule has 0 spiro atoms. The average Bonchev–Trinajstić information content (AvgIpc) is 2.36. The minimum absolute atomic E-state index is 0.0988. The summed E-state index contributed by atoms with van der Waals surface area (Å²) in [4.78, 5) is 2.36. The summed E-state index contributed by atoms with van der Waals surface area (Å²) in [5.41, 5.74) is 0.530. The minimum atomic E-state index is -0.0988. The van der Waals surface area contributed by atoms with Crippen LogP contribution in [0.15, 0.2) is 24.3 Å². The van der Waals surface area contributed by atoms with Gasteiger partial charge in [-0.3, -0.25) is 4.90 Å². The molecule has 1 unspecified atom stereocenters. The molecule has 4 heteroatoms. The third kappa shape index (κ3) is 4.22. The molecule has 1 aromatic carbocycles. The van der Waals surface area contributed by atoms with Gasteiger partial charge in [0, 0.05) is 19.6 Å². The number of rotatable bonds is 4. The molecule has 0 radical (unpaired) electrons. The van der Waals surface area contributed by atoms with Crippen LogP contribution in [0.1, 0.15) is 26.3 Å². The normalized spacial score (nSPS) is 22.2. The summed E-state index contributed by atoms with van der Waals surface area (Å²) in [6.45, 7) is 9.68. The number of nitriles is 1. The van der Waals surface area contributed by atoms with Crippen LogP contribution in [0.3, 0.4) is 0 Å². The number of benzene rings is 1. The van der Waals surface area contributed by atoms with Gasteiger partial charge in [0.25, 0.3) is 0 Å². The topological polar surface area (TPSA) is 45.5 Å². The summed E-state index contributed by atoms with van der Waals surface area (Å²) < 4.78 is 11.6. The van der Waals surface area contributed by atoms with Gasteiger partial charge in [0.2, 0.25) is 0 Å². The maximum absolute atomic E-state index is 8.85. The number of hydrogen-bond donors (Lipinski definition) is 0. The lowest BCUT2D eigenvalue weighted by molar-refractivity contribution is -0.129. The van der Waals surface area contributed by atoms with Gasteiger partial charge in [-0.25, -0.2) is 0 Å². The Kier molecular flexibility index (Phi) is 4.64. The molecule has 1 saturated heterocycles. The molecule has 0 bridgehead atoms. The largest absolute Gasteiger partial charge is 0.492 e. The van der Waals surface area contributed by atoms with Gasteiger partial charge in [0.05, 0.1) is 23.3 Å². The predicted molar refractivity (Wildman–Crippen MR) is 77.7 cm³/mol. The molecule has 1 heterocycles. The molecular weight excluding hydrogens is 252 g/mol. The average molecular weight is 274 g/mol. The van der Waals surface area contributed by atoms with Crippen molar-refractivity contribution in [1.29, 1.82) is 5.26 Å². The van der Waals surface area contributed by atoms with Gasteiger partial charge in [0.15, 0.2) is 0 Å². The summed E-state index contributed by atoms with van der Waals surface area (Å²) in [5, 5.41) is 8.85. The standard InChI is InChI=1S/C16H22N2O2/c1-13-11-18(12-16(2,3)20-13)7-8-19-15-6-4-5-14(9-15)10-17/h4-6,9,13H,7-8,11-12H2,1-3H3. The smallest absolute Gasteiger partial charge is 0.120 e.